The number of ether oxygens (including phenoxy) is 3. The minimum atomic E-state index is -0.255. The summed E-state index contributed by atoms with van der Waals surface area (Å²) < 4.78 is 17.7. The van der Waals surface area contributed by atoms with Gasteiger partial charge in [-0.25, -0.2) is 0 Å². The second-order valence-electron chi connectivity index (χ2n) is 6.11. The van der Waals surface area contributed by atoms with Gasteiger partial charge in [0.1, 0.15) is 12.4 Å². The van der Waals surface area contributed by atoms with Gasteiger partial charge in [0.2, 0.25) is 0 Å². The number of rotatable bonds is 7. The van der Waals surface area contributed by atoms with Crippen molar-refractivity contribution in [3.63, 3.8) is 0 Å². The summed E-state index contributed by atoms with van der Waals surface area (Å²) in [5, 5.41) is 0. The molecule has 1 aliphatic heterocycles. The molecule has 3 atom stereocenters. The SMILES string of the molecule is C=C(C)COc1ccc(C2OCC(CC)C(CCC)O2)cc1. The van der Waals surface area contributed by atoms with Crippen LogP contribution in [0, 0.1) is 5.92 Å². The van der Waals surface area contributed by atoms with Gasteiger partial charge in [0.05, 0.1) is 12.7 Å². The molecule has 2 rings (SSSR count). The zero-order valence-corrected chi connectivity index (χ0v) is 14.0. The minimum Gasteiger partial charge on any atom is -0.489 e. The highest BCUT2D eigenvalue weighted by Gasteiger charge is 2.30. The van der Waals surface area contributed by atoms with Gasteiger partial charge in [0.15, 0.2) is 6.29 Å². The molecule has 1 aliphatic rings. The van der Waals surface area contributed by atoms with Crippen LogP contribution >= 0.6 is 0 Å². The molecule has 1 fully saturated rings. The van der Waals surface area contributed by atoms with Gasteiger partial charge in [-0.1, -0.05) is 39.0 Å². The lowest BCUT2D eigenvalue weighted by molar-refractivity contribution is -0.243. The third-order valence-electron chi connectivity index (χ3n) is 4.02. The van der Waals surface area contributed by atoms with E-state index in [2.05, 4.69) is 20.4 Å². The molecule has 0 amide bonds. The van der Waals surface area contributed by atoms with E-state index in [0.717, 1.165) is 42.8 Å². The van der Waals surface area contributed by atoms with Gasteiger partial charge in [-0.05, 0) is 37.5 Å². The molecule has 122 valence electrons. The Hall–Kier alpha value is -1.32. The first-order chi connectivity index (χ1) is 10.6. The maximum Gasteiger partial charge on any atom is 0.184 e. The van der Waals surface area contributed by atoms with Crippen molar-refractivity contribution in [2.24, 2.45) is 5.92 Å². The third-order valence-corrected chi connectivity index (χ3v) is 4.02. The van der Waals surface area contributed by atoms with Crippen LogP contribution in [0.1, 0.15) is 51.9 Å². The van der Waals surface area contributed by atoms with E-state index in [-0.39, 0.29) is 6.29 Å². The lowest BCUT2D eigenvalue weighted by atomic mass is 9.95. The van der Waals surface area contributed by atoms with E-state index < -0.39 is 0 Å². The van der Waals surface area contributed by atoms with Crippen LogP contribution in [0.2, 0.25) is 0 Å². The highest BCUT2D eigenvalue weighted by molar-refractivity contribution is 5.28. The molecule has 22 heavy (non-hydrogen) atoms. The molecule has 3 nitrogen and oxygen atoms in total. The van der Waals surface area contributed by atoms with Crippen LogP contribution in [0.25, 0.3) is 0 Å². The van der Waals surface area contributed by atoms with E-state index in [1.165, 1.54) is 0 Å². The van der Waals surface area contributed by atoms with Crippen LogP contribution in [0.3, 0.4) is 0 Å². The Morgan fingerprint density at radius 3 is 2.59 bits per heavy atom. The monoisotopic (exact) mass is 304 g/mol. The van der Waals surface area contributed by atoms with Crippen LogP contribution in [-0.4, -0.2) is 19.3 Å². The molecular weight excluding hydrogens is 276 g/mol. The van der Waals surface area contributed by atoms with Gasteiger partial charge in [0, 0.05) is 11.5 Å². The maximum atomic E-state index is 6.18. The number of benzene rings is 1. The fourth-order valence-electron chi connectivity index (χ4n) is 2.70. The average molecular weight is 304 g/mol. The fraction of sp³-hybridized carbons (Fsp3) is 0.579. The quantitative estimate of drug-likeness (QED) is 0.672. The van der Waals surface area contributed by atoms with Gasteiger partial charge < -0.3 is 14.2 Å². The fourth-order valence-corrected chi connectivity index (χ4v) is 2.70. The van der Waals surface area contributed by atoms with Crippen LogP contribution < -0.4 is 4.74 Å². The topological polar surface area (TPSA) is 27.7 Å². The van der Waals surface area contributed by atoms with Crippen molar-refractivity contribution in [2.75, 3.05) is 13.2 Å². The molecule has 3 unspecified atom stereocenters. The Balaban J connectivity index is 1.97. The highest BCUT2D eigenvalue weighted by Crippen LogP contribution is 2.33. The summed E-state index contributed by atoms with van der Waals surface area (Å²) >= 11 is 0. The summed E-state index contributed by atoms with van der Waals surface area (Å²) in [5.74, 6) is 1.36. The van der Waals surface area contributed by atoms with E-state index in [0.29, 0.717) is 18.6 Å². The first-order valence-corrected chi connectivity index (χ1v) is 8.28. The molecule has 3 heteroatoms. The summed E-state index contributed by atoms with van der Waals surface area (Å²) in [6, 6.07) is 7.97. The molecule has 1 aromatic rings. The summed E-state index contributed by atoms with van der Waals surface area (Å²) in [6.45, 7) is 11.5. The summed E-state index contributed by atoms with van der Waals surface area (Å²) in [5.41, 5.74) is 2.06. The molecule has 1 heterocycles. The normalized spacial score (nSPS) is 25.0. The molecule has 0 aromatic heterocycles. The second-order valence-corrected chi connectivity index (χ2v) is 6.11. The van der Waals surface area contributed by atoms with Crippen molar-refractivity contribution in [1.29, 1.82) is 0 Å². The molecule has 0 spiro atoms. The minimum absolute atomic E-state index is 0.255. The van der Waals surface area contributed by atoms with Crippen LogP contribution in [0.15, 0.2) is 36.4 Å². The number of hydrogen-bond donors (Lipinski definition) is 0. The molecule has 0 N–H and O–H groups in total. The zero-order valence-electron chi connectivity index (χ0n) is 14.0. The lowest BCUT2D eigenvalue weighted by Crippen LogP contribution is -2.35. The number of hydrogen-bond acceptors (Lipinski definition) is 3. The Morgan fingerprint density at radius 2 is 2.00 bits per heavy atom. The van der Waals surface area contributed by atoms with E-state index >= 15 is 0 Å². The van der Waals surface area contributed by atoms with Crippen molar-refractivity contribution in [3.8, 4) is 5.75 Å². The largest absolute Gasteiger partial charge is 0.489 e. The highest BCUT2D eigenvalue weighted by atomic mass is 16.7. The molecule has 0 aliphatic carbocycles. The summed E-state index contributed by atoms with van der Waals surface area (Å²) in [6.07, 6.45) is 3.38. The van der Waals surface area contributed by atoms with Gasteiger partial charge >= 0.3 is 0 Å². The van der Waals surface area contributed by atoms with Gasteiger partial charge in [-0.15, -0.1) is 0 Å². The van der Waals surface area contributed by atoms with E-state index in [1.54, 1.807) is 0 Å². The average Bonchev–Trinajstić information content (AvgIpc) is 2.53. The van der Waals surface area contributed by atoms with Crippen molar-refractivity contribution >= 4 is 0 Å². The molecule has 1 saturated heterocycles. The van der Waals surface area contributed by atoms with Crippen LogP contribution in [-0.2, 0) is 9.47 Å². The van der Waals surface area contributed by atoms with Crippen molar-refractivity contribution in [1.82, 2.24) is 0 Å². The van der Waals surface area contributed by atoms with Crippen molar-refractivity contribution < 1.29 is 14.2 Å². The molecule has 0 bridgehead atoms. The summed E-state index contributed by atoms with van der Waals surface area (Å²) in [7, 11) is 0. The summed E-state index contributed by atoms with van der Waals surface area (Å²) in [4.78, 5) is 0. The smallest absolute Gasteiger partial charge is 0.184 e. The lowest BCUT2D eigenvalue weighted by Gasteiger charge is -2.36. The van der Waals surface area contributed by atoms with Crippen LogP contribution in [0.5, 0.6) is 5.75 Å². The molecule has 0 saturated carbocycles. The molecule has 1 aromatic carbocycles. The third kappa shape index (κ3) is 4.59. The molecule has 0 radical (unpaired) electrons. The van der Waals surface area contributed by atoms with Crippen LogP contribution in [0.4, 0.5) is 0 Å². The van der Waals surface area contributed by atoms with E-state index in [4.69, 9.17) is 14.2 Å². The van der Waals surface area contributed by atoms with Crippen molar-refractivity contribution in [3.05, 3.63) is 42.0 Å². The Bertz CT molecular complexity index is 466. The van der Waals surface area contributed by atoms with Gasteiger partial charge in [-0.3, -0.25) is 0 Å². The van der Waals surface area contributed by atoms with Gasteiger partial charge in [0.25, 0.3) is 0 Å². The molecular formula is C19H28O3. The van der Waals surface area contributed by atoms with E-state index in [9.17, 15) is 0 Å². The van der Waals surface area contributed by atoms with E-state index in [1.807, 2.05) is 31.2 Å². The predicted octanol–water partition coefficient (Wildman–Crippen LogP) is 4.88. The Labute approximate surface area is 134 Å². The second kappa shape index (κ2) is 8.35. The first kappa shape index (κ1) is 17.0. The zero-order chi connectivity index (χ0) is 15.9. The van der Waals surface area contributed by atoms with Crippen molar-refractivity contribution in [2.45, 2.75) is 52.4 Å². The Morgan fingerprint density at radius 1 is 1.27 bits per heavy atom. The maximum absolute atomic E-state index is 6.18. The standard InChI is InChI=1S/C19H28O3/c1-5-7-18-15(6-2)13-21-19(22-18)16-8-10-17(11-9-16)20-12-14(3)4/h8-11,15,18-19H,3,5-7,12-13H2,1-2,4H3. The predicted molar refractivity (Wildman–Crippen MR) is 89.0 cm³/mol. The Kier molecular flexibility index (Phi) is 6.47. The van der Waals surface area contributed by atoms with Gasteiger partial charge in [-0.2, -0.15) is 0 Å². The first-order valence-electron chi connectivity index (χ1n) is 8.28.